The number of Topliss-reactive ketones (excluding diaryl/α,β-unsaturated/α-hetero) is 2. The number of hydrogen-bond donors (Lipinski definition) is 3. The molecular formula is C56H64N4O8. The van der Waals surface area contributed by atoms with Crippen molar-refractivity contribution in [3.63, 3.8) is 0 Å². The summed E-state index contributed by atoms with van der Waals surface area (Å²) in [6.07, 6.45) is 3.97. The quantitative estimate of drug-likeness (QED) is 0.0820. The van der Waals surface area contributed by atoms with Crippen molar-refractivity contribution in [1.29, 1.82) is 0 Å². The molecule has 0 aliphatic carbocycles. The van der Waals surface area contributed by atoms with Crippen molar-refractivity contribution in [2.45, 2.75) is 97.4 Å². The molecule has 3 N–H and O–H groups in total. The van der Waals surface area contributed by atoms with Gasteiger partial charge in [-0.25, -0.2) is 14.4 Å². The van der Waals surface area contributed by atoms with Crippen LogP contribution < -0.4 is 16.0 Å². The molecule has 2 aliphatic rings. The summed E-state index contributed by atoms with van der Waals surface area (Å²) in [4.78, 5) is 64.3. The zero-order valence-corrected chi connectivity index (χ0v) is 40.1. The van der Waals surface area contributed by atoms with E-state index in [1.807, 2.05) is 124 Å². The minimum absolute atomic E-state index is 0.0281. The molecule has 0 spiro atoms. The summed E-state index contributed by atoms with van der Waals surface area (Å²) in [6, 6.07) is 39.7. The fourth-order valence-electron chi connectivity index (χ4n) is 7.84. The van der Waals surface area contributed by atoms with Crippen LogP contribution in [0.1, 0.15) is 115 Å². The van der Waals surface area contributed by atoms with E-state index >= 15 is 0 Å². The molecule has 1 fully saturated rings. The molecule has 5 aromatic carbocycles. The van der Waals surface area contributed by atoms with Crippen molar-refractivity contribution in [3.8, 4) is 0 Å². The number of hydrogen-bond acceptors (Lipinski definition) is 9. The number of ether oxygens (including phenoxy) is 3. The third-order valence-corrected chi connectivity index (χ3v) is 11.3. The first kappa shape index (κ1) is 50.4. The highest BCUT2D eigenvalue weighted by atomic mass is 16.6. The first-order valence-corrected chi connectivity index (χ1v) is 23.3. The van der Waals surface area contributed by atoms with Gasteiger partial charge in [-0.05, 0) is 125 Å². The number of para-hydroxylation sites is 2. The summed E-state index contributed by atoms with van der Waals surface area (Å²) in [6.45, 7) is 14.2. The van der Waals surface area contributed by atoms with Crippen LogP contribution in [0.3, 0.4) is 0 Å². The zero-order valence-electron chi connectivity index (χ0n) is 40.1. The lowest BCUT2D eigenvalue weighted by atomic mass is 9.89. The summed E-state index contributed by atoms with van der Waals surface area (Å²) in [5.74, 6) is 0.546. The van der Waals surface area contributed by atoms with Crippen molar-refractivity contribution in [1.82, 2.24) is 10.2 Å². The van der Waals surface area contributed by atoms with Crippen molar-refractivity contribution >= 4 is 46.8 Å². The average molecular weight is 921 g/mol. The van der Waals surface area contributed by atoms with Gasteiger partial charge in [0.2, 0.25) is 0 Å². The number of carbonyl (C=O) groups is 5. The predicted molar refractivity (Wildman–Crippen MR) is 267 cm³/mol. The maximum absolute atomic E-state index is 13.0. The first-order chi connectivity index (χ1) is 32.5. The maximum Gasteiger partial charge on any atom is 0.412 e. The van der Waals surface area contributed by atoms with E-state index in [1.54, 1.807) is 43.9 Å². The van der Waals surface area contributed by atoms with Crippen molar-refractivity contribution in [3.05, 3.63) is 172 Å². The summed E-state index contributed by atoms with van der Waals surface area (Å²) in [7, 11) is 0. The van der Waals surface area contributed by atoms with E-state index in [0.717, 1.165) is 48.2 Å². The van der Waals surface area contributed by atoms with E-state index in [4.69, 9.17) is 14.2 Å². The molecule has 68 heavy (non-hydrogen) atoms. The molecule has 0 atom stereocenters. The topological polar surface area (TPSA) is 152 Å². The molecule has 7 rings (SSSR count). The summed E-state index contributed by atoms with van der Waals surface area (Å²) < 4.78 is 16.1. The van der Waals surface area contributed by atoms with Gasteiger partial charge in [-0.3, -0.25) is 20.2 Å². The lowest BCUT2D eigenvalue weighted by Gasteiger charge is -2.26. The van der Waals surface area contributed by atoms with Gasteiger partial charge in [0.25, 0.3) is 0 Å². The van der Waals surface area contributed by atoms with Crippen LogP contribution >= 0.6 is 0 Å². The second kappa shape index (κ2) is 23.6. The maximum atomic E-state index is 13.0. The van der Waals surface area contributed by atoms with Gasteiger partial charge in [-0.1, -0.05) is 121 Å². The van der Waals surface area contributed by atoms with Gasteiger partial charge in [0, 0.05) is 48.4 Å². The largest absolute Gasteiger partial charge is 0.445 e. The predicted octanol–water partition coefficient (Wildman–Crippen LogP) is 11.8. The van der Waals surface area contributed by atoms with Crippen LogP contribution in [-0.2, 0) is 33.7 Å². The Bertz CT molecular complexity index is 2540. The lowest BCUT2D eigenvalue weighted by Crippen LogP contribution is -2.35. The molecule has 1 saturated heterocycles. The van der Waals surface area contributed by atoms with Crippen LogP contribution in [0.2, 0.25) is 0 Å². The minimum Gasteiger partial charge on any atom is -0.445 e. The molecular weight excluding hydrogens is 857 g/mol. The Morgan fingerprint density at radius 3 is 1.59 bits per heavy atom. The SMILES string of the molecule is CC(C)(C)OC(=O)Nc1ccccc1CC(=O)c1ccc(C2=CCN(C(=O)OCc3ccccc3)CC2)cc1.CC(C)(C)OC(=O)Nc1ccccc1CC(=O)c1ccc(C2CCNCC2)cc1. The van der Waals surface area contributed by atoms with E-state index in [9.17, 15) is 24.0 Å². The highest BCUT2D eigenvalue weighted by molar-refractivity contribution is 6.00. The van der Waals surface area contributed by atoms with Gasteiger partial charge in [0.15, 0.2) is 11.6 Å². The monoisotopic (exact) mass is 920 g/mol. The van der Waals surface area contributed by atoms with Crippen molar-refractivity contribution in [2.24, 2.45) is 0 Å². The summed E-state index contributed by atoms with van der Waals surface area (Å²) >= 11 is 0. The highest BCUT2D eigenvalue weighted by Gasteiger charge is 2.22. The van der Waals surface area contributed by atoms with Gasteiger partial charge < -0.3 is 24.4 Å². The molecule has 0 radical (unpaired) electrons. The van der Waals surface area contributed by atoms with Gasteiger partial charge in [-0.15, -0.1) is 0 Å². The Morgan fingerprint density at radius 1 is 0.618 bits per heavy atom. The molecule has 0 bridgehead atoms. The molecule has 0 unspecified atom stereocenters. The average Bonchev–Trinajstić information content (AvgIpc) is 3.32. The fourth-order valence-corrected chi connectivity index (χ4v) is 7.84. The van der Waals surface area contributed by atoms with E-state index in [2.05, 4.69) is 28.1 Å². The smallest absolute Gasteiger partial charge is 0.412 e. The Labute approximate surface area is 400 Å². The van der Waals surface area contributed by atoms with Crippen LogP contribution in [0.4, 0.5) is 25.8 Å². The number of rotatable bonds is 12. The summed E-state index contributed by atoms with van der Waals surface area (Å²) in [5.41, 5.74) is 7.13. The molecule has 356 valence electrons. The standard InChI is InChI=1S/C32H34N2O5.C24H30N2O3/c1-32(2,3)39-30(36)33-28-12-8-7-11-27(28)21-29(35)26-15-13-24(14-16-26)25-17-19-34(20-18-25)31(37)38-22-23-9-5-4-6-10-23;1-24(2,3)29-23(28)26-21-7-5-4-6-20(21)16-22(27)19-10-8-17(9-11-19)18-12-14-25-15-13-18/h4-17H,18-22H2,1-3H3,(H,33,36);4-11,18,25H,12-16H2,1-3H3,(H,26,28). The van der Waals surface area contributed by atoms with Crippen molar-refractivity contribution < 1.29 is 38.2 Å². The zero-order chi connectivity index (χ0) is 48.7. The number of amides is 3. The van der Waals surface area contributed by atoms with Crippen LogP contribution in [0.25, 0.3) is 5.57 Å². The van der Waals surface area contributed by atoms with Gasteiger partial charge >= 0.3 is 18.3 Å². The number of anilines is 2. The Kier molecular flexibility index (Phi) is 17.5. The van der Waals surface area contributed by atoms with Crippen LogP contribution in [0, 0.1) is 0 Å². The fraction of sp³-hybridized carbons (Fsp3) is 0.339. The summed E-state index contributed by atoms with van der Waals surface area (Å²) in [5, 5.41) is 8.88. The van der Waals surface area contributed by atoms with Crippen LogP contribution in [-0.4, -0.2) is 72.1 Å². The number of carbonyl (C=O) groups excluding carboxylic acids is 5. The number of benzene rings is 5. The Morgan fingerprint density at radius 2 is 1.10 bits per heavy atom. The van der Waals surface area contributed by atoms with E-state index < -0.39 is 23.4 Å². The molecule has 3 amide bonds. The molecule has 0 aromatic heterocycles. The number of ketones is 2. The Balaban J connectivity index is 0.000000234. The molecule has 2 aliphatic heterocycles. The molecule has 2 heterocycles. The van der Waals surface area contributed by atoms with E-state index in [1.165, 1.54) is 5.56 Å². The van der Waals surface area contributed by atoms with Crippen LogP contribution in [0.15, 0.2) is 133 Å². The van der Waals surface area contributed by atoms with Gasteiger partial charge in [0.1, 0.15) is 17.8 Å². The number of nitrogens with zero attached hydrogens (tertiary/aromatic N) is 1. The second-order valence-corrected chi connectivity index (χ2v) is 19.0. The molecule has 0 saturated carbocycles. The molecule has 5 aromatic rings. The number of piperidine rings is 1. The molecule has 12 nitrogen and oxygen atoms in total. The van der Waals surface area contributed by atoms with Crippen LogP contribution in [0.5, 0.6) is 0 Å². The normalized spacial score (nSPS) is 14.0. The third kappa shape index (κ3) is 15.8. The third-order valence-electron chi connectivity index (χ3n) is 11.3. The van der Waals surface area contributed by atoms with Gasteiger partial charge in [-0.2, -0.15) is 0 Å². The molecule has 12 heteroatoms. The second-order valence-electron chi connectivity index (χ2n) is 19.0. The first-order valence-electron chi connectivity index (χ1n) is 23.3. The number of nitrogens with one attached hydrogen (secondary N) is 3. The lowest BCUT2D eigenvalue weighted by molar-refractivity contribution is 0.0624. The highest BCUT2D eigenvalue weighted by Crippen LogP contribution is 2.27. The minimum atomic E-state index is -0.617. The van der Waals surface area contributed by atoms with E-state index in [-0.39, 0.29) is 37.1 Å². The Hall–Kier alpha value is -7.05. The van der Waals surface area contributed by atoms with Crippen molar-refractivity contribution in [2.75, 3.05) is 36.8 Å². The van der Waals surface area contributed by atoms with E-state index in [0.29, 0.717) is 53.5 Å². The van der Waals surface area contributed by atoms with Gasteiger partial charge in [0.05, 0.1) is 0 Å².